The van der Waals surface area contributed by atoms with Gasteiger partial charge in [-0.15, -0.1) is 0 Å². The maximum absolute atomic E-state index is 8.99. The van der Waals surface area contributed by atoms with Crippen LogP contribution in [0.2, 0.25) is 0 Å². The van der Waals surface area contributed by atoms with Crippen LogP contribution in [0.1, 0.15) is 25.3 Å². The summed E-state index contributed by atoms with van der Waals surface area (Å²) in [5.74, 6) is 1.57. The van der Waals surface area contributed by atoms with Crippen LogP contribution >= 0.6 is 0 Å². The summed E-state index contributed by atoms with van der Waals surface area (Å²) in [6.45, 7) is 4.26. The third-order valence-corrected chi connectivity index (χ3v) is 2.64. The van der Waals surface area contributed by atoms with Gasteiger partial charge in [-0.2, -0.15) is 0 Å². The second-order valence-electron chi connectivity index (χ2n) is 4.42. The van der Waals surface area contributed by atoms with Gasteiger partial charge in [0.15, 0.2) is 11.5 Å². The van der Waals surface area contributed by atoms with E-state index in [4.69, 9.17) is 14.9 Å². The van der Waals surface area contributed by atoms with Gasteiger partial charge in [0.1, 0.15) is 5.75 Å². The summed E-state index contributed by atoms with van der Waals surface area (Å²) in [5, 5.41) is 17.9. The Morgan fingerprint density at radius 3 is 1.85 bits per heavy atom. The van der Waals surface area contributed by atoms with Crippen LogP contribution in [0.25, 0.3) is 0 Å². The van der Waals surface area contributed by atoms with Crippen molar-refractivity contribution in [3.05, 3.63) is 54.1 Å². The first-order valence-corrected chi connectivity index (χ1v) is 6.15. The Balaban J connectivity index is 0.000000345. The van der Waals surface area contributed by atoms with E-state index in [-0.39, 0.29) is 35.3 Å². The van der Waals surface area contributed by atoms with Crippen LogP contribution in [0.5, 0.6) is 17.2 Å². The fourth-order valence-corrected chi connectivity index (χ4v) is 1.49. The molecule has 2 N–H and O–H groups in total. The molecule has 104 valence electrons. The zero-order valence-corrected chi connectivity index (χ0v) is 11.5. The van der Waals surface area contributed by atoms with Crippen LogP contribution in [0.15, 0.2) is 48.5 Å². The van der Waals surface area contributed by atoms with Crippen molar-refractivity contribution in [2.24, 2.45) is 0 Å². The summed E-state index contributed by atoms with van der Waals surface area (Å²) in [6.07, 6.45) is 0. The van der Waals surface area contributed by atoms with Gasteiger partial charge in [0.2, 0.25) is 0 Å². The topological polar surface area (TPSA) is 49.7 Å². The number of rotatable bonds is 2. The number of ether oxygens (including phenoxy) is 1. The van der Waals surface area contributed by atoms with E-state index in [1.165, 1.54) is 12.7 Å². The van der Waals surface area contributed by atoms with Gasteiger partial charge in [0.25, 0.3) is 0 Å². The van der Waals surface area contributed by atoms with Crippen molar-refractivity contribution in [1.82, 2.24) is 0 Å². The molecule has 0 unspecified atom stereocenters. The van der Waals surface area contributed by atoms with Crippen LogP contribution in [0.4, 0.5) is 0 Å². The second kappa shape index (κ2) is 9.70. The molecule has 20 heavy (non-hydrogen) atoms. The third-order valence-electron chi connectivity index (χ3n) is 2.64. The van der Waals surface area contributed by atoms with Crippen LogP contribution in [0, 0.1) is 0 Å². The van der Waals surface area contributed by atoms with Crippen molar-refractivity contribution in [2.75, 3.05) is 7.11 Å². The van der Waals surface area contributed by atoms with Gasteiger partial charge in [-0.1, -0.05) is 38.1 Å². The van der Waals surface area contributed by atoms with E-state index in [0.29, 0.717) is 17.4 Å². The number of phenolic OH excluding ortho intramolecular Hbond substituents is 2. The Kier molecular flexibility index (Phi) is 9.14. The molecule has 2 aromatic rings. The summed E-state index contributed by atoms with van der Waals surface area (Å²) < 4.78 is 4.79. The van der Waals surface area contributed by atoms with Gasteiger partial charge in [-0.05, 0) is 35.7 Å². The van der Waals surface area contributed by atoms with E-state index >= 15 is 0 Å². The average molecular weight is 284 g/mol. The van der Waals surface area contributed by atoms with Crippen LogP contribution in [0.3, 0.4) is 0 Å². The third kappa shape index (κ3) is 6.33. The Hall–Kier alpha value is -1.16. The Morgan fingerprint density at radius 2 is 1.45 bits per heavy atom. The fourth-order valence-electron chi connectivity index (χ4n) is 1.49. The van der Waals surface area contributed by atoms with Gasteiger partial charge >= 0.3 is 29.6 Å². The molecule has 0 aliphatic carbocycles. The zero-order valence-electron chi connectivity index (χ0n) is 11.5. The van der Waals surface area contributed by atoms with Crippen LogP contribution < -0.4 is 4.74 Å². The SMILES string of the molecule is CC(C)c1ccc(O)cc1.COc1ccccc1O.[NaH]. The molecule has 0 fully saturated rings. The van der Waals surface area contributed by atoms with Gasteiger partial charge in [-0.25, -0.2) is 0 Å². The number of aromatic hydroxyl groups is 2. The van der Waals surface area contributed by atoms with E-state index in [1.807, 2.05) is 12.1 Å². The predicted molar refractivity (Wildman–Crippen MR) is 84.0 cm³/mol. The van der Waals surface area contributed by atoms with Crippen LogP contribution in [-0.4, -0.2) is 46.9 Å². The number of para-hydroxylation sites is 2. The van der Waals surface area contributed by atoms with Crippen molar-refractivity contribution < 1.29 is 14.9 Å². The minimum absolute atomic E-state index is 0. The summed E-state index contributed by atoms with van der Waals surface area (Å²) >= 11 is 0. The molecule has 0 aliphatic heterocycles. The van der Waals surface area contributed by atoms with E-state index in [1.54, 1.807) is 36.4 Å². The molecule has 0 bridgehead atoms. The summed E-state index contributed by atoms with van der Waals surface area (Å²) in [6, 6.07) is 14.2. The average Bonchev–Trinajstić information content (AvgIpc) is 2.40. The molecule has 0 atom stereocenters. The van der Waals surface area contributed by atoms with Crippen molar-refractivity contribution in [3.63, 3.8) is 0 Å². The first-order chi connectivity index (χ1) is 9.04. The van der Waals surface area contributed by atoms with Gasteiger partial charge in [0, 0.05) is 0 Å². The van der Waals surface area contributed by atoms with Gasteiger partial charge in [-0.3, -0.25) is 0 Å². The number of phenols is 2. The van der Waals surface area contributed by atoms with E-state index < -0.39 is 0 Å². The molecule has 0 saturated heterocycles. The first kappa shape index (κ1) is 18.8. The molecule has 2 aromatic carbocycles. The van der Waals surface area contributed by atoms with Crippen molar-refractivity contribution in [1.29, 1.82) is 0 Å². The fraction of sp³-hybridized carbons (Fsp3) is 0.250. The molecular formula is C16H21NaO3. The Morgan fingerprint density at radius 1 is 0.900 bits per heavy atom. The summed E-state index contributed by atoms with van der Waals surface area (Å²) in [5.41, 5.74) is 1.26. The molecule has 0 radical (unpaired) electrons. The maximum atomic E-state index is 8.99. The molecule has 0 amide bonds. The molecule has 0 spiro atoms. The Labute approximate surface area is 142 Å². The quantitative estimate of drug-likeness (QED) is 0.832. The van der Waals surface area contributed by atoms with Crippen LogP contribution in [-0.2, 0) is 0 Å². The summed E-state index contributed by atoms with van der Waals surface area (Å²) in [7, 11) is 1.52. The Bertz CT molecular complexity index is 495. The van der Waals surface area contributed by atoms with E-state index in [9.17, 15) is 0 Å². The second-order valence-corrected chi connectivity index (χ2v) is 4.42. The predicted octanol–water partition coefficient (Wildman–Crippen LogP) is 3.27. The first-order valence-electron chi connectivity index (χ1n) is 6.15. The molecule has 0 saturated carbocycles. The van der Waals surface area contributed by atoms with Crippen molar-refractivity contribution >= 4 is 29.6 Å². The summed E-state index contributed by atoms with van der Waals surface area (Å²) in [4.78, 5) is 0. The standard InChI is InChI=1S/C9H12O.C7H8O2.Na.H/c1-7(2)8-3-5-9(10)6-4-8;1-9-7-5-3-2-4-6(7)8;;/h3-7,10H,1-2H3;2-5,8H,1H3;;. The van der Waals surface area contributed by atoms with Crippen molar-refractivity contribution in [3.8, 4) is 17.2 Å². The molecule has 0 heterocycles. The van der Waals surface area contributed by atoms with E-state index in [2.05, 4.69) is 13.8 Å². The molecule has 0 aliphatic rings. The molecule has 2 rings (SSSR count). The van der Waals surface area contributed by atoms with Crippen molar-refractivity contribution in [2.45, 2.75) is 19.8 Å². The molecule has 3 nitrogen and oxygen atoms in total. The molecular weight excluding hydrogens is 263 g/mol. The number of hydrogen-bond acceptors (Lipinski definition) is 3. The monoisotopic (exact) mass is 284 g/mol. The van der Waals surface area contributed by atoms with Gasteiger partial charge < -0.3 is 14.9 Å². The van der Waals surface area contributed by atoms with Gasteiger partial charge in [0.05, 0.1) is 7.11 Å². The number of methoxy groups -OCH3 is 1. The minimum atomic E-state index is 0. The molecule has 4 heteroatoms. The number of benzene rings is 2. The normalized spacial score (nSPS) is 9.20. The zero-order chi connectivity index (χ0) is 14.3. The number of hydrogen-bond donors (Lipinski definition) is 2. The molecule has 0 aromatic heterocycles. The van der Waals surface area contributed by atoms with E-state index in [0.717, 1.165) is 0 Å².